The molecule has 3 aliphatic rings. The maximum atomic E-state index is 13.4. The van der Waals surface area contributed by atoms with Crippen LogP contribution in [0.2, 0.25) is 0 Å². The van der Waals surface area contributed by atoms with Gasteiger partial charge in [-0.1, -0.05) is 6.58 Å². The third-order valence-corrected chi connectivity index (χ3v) is 7.93. The van der Waals surface area contributed by atoms with Gasteiger partial charge in [0.25, 0.3) is 0 Å². The highest BCUT2D eigenvalue weighted by atomic mass is 16.5. The van der Waals surface area contributed by atoms with Gasteiger partial charge < -0.3 is 24.2 Å². The number of urea groups is 1. The van der Waals surface area contributed by atoms with Crippen LogP contribution in [0.3, 0.4) is 0 Å². The van der Waals surface area contributed by atoms with E-state index in [4.69, 9.17) is 9.47 Å². The number of hydrogen-bond donors (Lipinski definition) is 0. The minimum atomic E-state index is -0.141. The van der Waals surface area contributed by atoms with Crippen molar-refractivity contribution in [1.82, 2.24) is 34.1 Å². The van der Waals surface area contributed by atoms with Crippen molar-refractivity contribution in [3.8, 4) is 22.9 Å². The Balaban J connectivity index is 1.11. The number of pyridine rings is 1. The number of piperidine rings is 1. The highest BCUT2D eigenvalue weighted by molar-refractivity contribution is 5.88. The SMILES string of the molecule is C=CC(=O)N1C2COCC1CN(C(=O)N1CCC(n3cc(-c4cc(OC)c5c(C#N)cnn5c4)cn3)CC1)C2. The van der Waals surface area contributed by atoms with Gasteiger partial charge in [0, 0.05) is 49.7 Å². The summed E-state index contributed by atoms with van der Waals surface area (Å²) >= 11 is 0. The largest absolute Gasteiger partial charge is 0.494 e. The molecule has 6 rings (SSSR count). The van der Waals surface area contributed by atoms with Crippen LogP contribution in [0.25, 0.3) is 16.6 Å². The van der Waals surface area contributed by atoms with Crippen LogP contribution in [0.15, 0.2) is 43.5 Å². The van der Waals surface area contributed by atoms with Gasteiger partial charge >= 0.3 is 6.03 Å². The Labute approximate surface area is 225 Å². The summed E-state index contributed by atoms with van der Waals surface area (Å²) in [6.07, 6.45) is 10.2. The molecule has 12 nitrogen and oxygen atoms in total. The summed E-state index contributed by atoms with van der Waals surface area (Å²) < 4.78 is 14.8. The quantitative estimate of drug-likeness (QED) is 0.473. The van der Waals surface area contributed by atoms with E-state index in [1.807, 2.05) is 44.0 Å². The second kappa shape index (κ2) is 10.1. The van der Waals surface area contributed by atoms with Crippen molar-refractivity contribution in [1.29, 1.82) is 5.26 Å². The molecule has 2 atom stereocenters. The fourth-order valence-corrected chi connectivity index (χ4v) is 5.97. The second-order valence-electron chi connectivity index (χ2n) is 10.2. The third kappa shape index (κ3) is 4.38. The molecule has 39 heavy (non-hydrogen) atoms. The topological polar surface area (TPSA) is 121 Å². The number of likely N-dealkylation sites (tertiary alicyclic amines) is 1. The summed E-state index contributed by atoms with van der Waals surface area (Å²) in [4.78, 5) is 31.3. The number of nitrogens with zero attached hydrogens (tertiary/aromatic N) is 8. The lowest BCUT2D eigenvalue weighted by Gasteiger charge is -2.50. The maximum Gasteiger partial charge on any atom is 0.320 e. The van der Waals surface area contributed by atoms with E-state index in [9.17, 15) is 14.9 Å². The van der Waals surface area contributed by atoms with Gasteiger partial charge in [-0.2, -0.15) is 15.5 Å². The molecule has 202 valence electrons. The fourth-order valence-electron chi connectivity index (χ4n) is 5.97. The van der Waals surface area contributed by atoms with Gasteiger partial charge in [0.1, 0.15) is 22.9 Å². The lowest BCUT2D eigenvalue weighted by atomic mass is 10.0. The number of nitriles is 1. The van der Waals surface area contributed by atoms with Gasteiger partial charge in [0.05, 0.1) is 50.8 Å². The number of fused-ring (bicyclic) bond motifs is 3. The summed E-state index contributed by atoms with van der Waals surface area (Å²) in [6, 6.07) is 3.96. The van der Waals surface area contributed by atoms with Crippen LogP contribution in [0.5, 0.6) is 5.75 Å². The van der Waals surface area contributed by atoms with E-state index >= 15 is 0 Å². The molecule has 0 aromatic carbocycles. The van der Waals surface area contributed by atoms with E-state index in [0.717, 1.165) is 24.0 Å². The monoisotopic (exact) mass is 530 g/mol. The van der Waals surface area contributed by atoms with Crippen LogP contribution in [0, 0.1) is 11.3 Å². The Morgan fingerprint density at radius 1 is 1.08 bits per heavy atom. The Hall–Kier alpha value is -4.37. The molecule has 3 aromatic rings. The van der Waals surface area contributed by atoms with Crippen LogP contribution in [-0.2, 0) is 9.53 Å². The predicted octanol–water partition coefficient (Wildman–Crippen LogP) is 1.93. The first-order chi connectivity index (χ1) is 19.0. The number of carbonyl (C=O) groups excluding carboxylic acids is 2. The summed E-state index contributed by atoms with van der Waals surface area (Å²) in [7, 11) is 1.58. The standard InChI is InChI=1S/C27H30N8O4/c1-3-25(36)35-22-14-32(15-23(35)17-39-16-22)27(37)31-6-4-21(5-7-31)33-13-20(11-29-33)18-8-24(38-2)26-19(9-28)10-30-34(26)12-18/h3,8,10-13,21-23H,1,4-7,14-17H2,2H3. The van der Waals surface area contributed by atoms with Crippen molar-refractivity contribution in [2.75, 3.05) is 46.5 Å². The molecule has 2 bridgehead atoms. The van der Waals surface area contributed by atoms with Gasteiger partial charge in [0.2, 0.25) is 5.91 Å². The number of amides is 3. The minimum Gasteiger partial charge on any atom is -0.494 e. The molecule has 6 heterocycles. The Morgan fingerprint density at radius 3 is 2.49 bits per heavy atom. The molecule has 3 aliphatic heterocycles. The molecule has 2 unspecified atom stereocenters. The lowest BCUT2D eigenvalue weighted by Crippen LogP contribution is -2.67. The first-order valence-electron chi connectivity index (χ1n) is 13.1. The van der Waals surface area contributed by atoms with E-state index in [1.54, 1.807) is 11.6 Å². The molecule has 0 saturated carbocycles. The van der Waals surface area contributed by atoms with Gasteiger partial charge in [-0.25, -0.2) is 9.31 Å². The first-order valence-corrected chi connectivity index (χ1v) is 13.1. The Kier molecular flexibility index (Phi) is 6.44. The van der Waals surface area contributed by atoms with E-state index in [1.165, 1.54) is 12.3 Å². The molecule has 0 radical (unpaired) electrons. The first kappa shape index (κ1) is 24.9. The fraction of sp³-hybridized carbons (Fsp3) is 0.444. The zero-order valence-corrected chi connectivity index (χ0v) is 21.8. The number of ether oxygens (including phenoxy) is 2. The summed E-state index contributed by atoms with van der Waals surface area (Å²) in [5.41, 5.74) is 2.90. The zero-order chi connectivity index (χ0) is 27.1. The van der Waals surface area contributed by atoms with E-state index in [-0.39, 0.29) is 30.1 Å². The van der Waals surface area contributed by atoms with Gasteiger partial charge in [-0.15, -0.1) is 0 Å². The van der Waals surface area contributed by atoms with Crippen molar-refractivity contribution in [2.45, 2.75) is 31.0 Å². The van der Waals surface area contributed by atoms with Gasteiger partial charge in [-0.05, 0) is 25.0 Å². The van der Waals surface area contributed by atoms with E-state index in [0.29, 0.717) is 56.2 Å². The molecule has 0 N–H and O–H groups in total. The van der Waals surface area contributed by atoms with Crippen molar-refractivity contribution in [2.24, 2.45) is 0 Å². The maximum absolute atomic E-state index is 13.4. The number of hydrogen-bond acceptors (Lipinski definition) is 7. The molecular weight excluding hydrogens is 500 g/mol. The van der Waals surface area contributed by atoms with Gasteiger partial charge in [-0.3, -0.25) is 9.48 Å². The summed E-state index contributed by atoms with van der Waals surface area (Å²) in [5, 5.41) is 18.3. The van der Waals surface area contributed by atoms with E-state index in [2.05, 4.69) is 22.8 Å². The number of methoxy groups -OCH3 is 1. The second-order valence-corrected chi connectivity index (χ2v) is 10.2. The molecule has 3 aromatic heterocycles. The lowest BCUT2D eigenvalue weighted by molar-refractivity contribution is -0.148. The number of rotatable bonds is 4. The molecule has 0 spiro atoms. The molecule has 3 saturated heterocycles. The van der Waals surface area contributed by atoms with Gasteiger partial charge in [0.15, 0.2) is 0 Å². The highest BCUT2D eigenvalue weighted by Gasteiger charge is 2.42. The number of carbonyl (C=O) groups is 2. The molecule has 3 fully saturated rings. The van der Waals surface area contributed by atoms with Crippen molar-refractivity contribution in [3.63, 3.8) is 0 Å². The number of morpholine rings is 1. The Bertz CT molecular complexity index is 1450. The van der Waals surface area contributed by atoms with Crippen molar-refractivity contribution >= 4 is 17.5 Å². The van der Waals surface area contributed by atoms with Crippen LogP contribution < -0.4 is 4.74 Å². The van der Waals surface area contributed by atoms with Crippen LogP contribution in [0.1, 0.15) is 24.4 Å². The molecule has 12 heteroatoms. The minimum absolute atomic E-state index is 0.0218. The Morgan fingerprint density at radius 2 is 1.82 bits per heavy atom. The van der Waals surface area contributed by atoms with Crippen molar-refractivity contribution in [3.05, 3.63) is 49.1 Å². The normalized spacial score (nSPS) is 21.6. The summed E-state index contributed by atoms with van der Waals surface area (Å²) in [5.74, 6) is 0.473. The molecule has 3 amide bonds. The average Bonchev–Trinajstić information content (AvgIpc) is 3.63. The zero-order valence-electron chi connectivity index (χ0n) is 21.8. The predicted molar refractivity (Wildman–Crippen MR) is 140 cm³/mol. The van der Waals surface area contributed by atoms with Crippen LogP contribution in [0.4, 0.5) is 4.79 Å². The van der Waals surface area contributed by atoms with Crippen LogP contribution in [-0.4, -0.2) is 105 Å². The summed E-state index contributed by atoms with van der Waals surface area (Å²) in [6.45, 7) is 6.70. The molecular formula is C27H30N8O4. The third-order valence-electron chi connectivity index (χ3n) is 7.93. The number of aromatic nitrogens is 4. The van der Waals surface area contributed by atoms with Crippen molar-refractivity contribution < 1.29 is 19.1 Å². The smallest absolute Gasteiger partial charge is 0.320 e. The molecule has 0 aliphatic carbocycles. The van der Waals surface area contributed by atoms with Crippen LogP contribution >= 0.6 is 0 Å². The van der Waals surface area contributed by atoms with E-state index < -0.39 is 0 Å². The highest BCUT2D eigenvalue weighted by Crippen LogP contribution is 2.31. The number of piperazine rings is 1. The average molecular weight is 531 g/mol.